The summed E-state index contributed by atoms with van der Waals surface area (Å²) >= 11 is 0. The van der Waals surface area contributed by atoms with Crippen molar-refractivity contribution in [1.29, 1.82) is 5.26 Å². The Balaban J connectivity index is 1.53. The van der Waals surface area contributed by atoms with E-state index in [0.717, 1.165) is 5.56 Å². The Morgan fingerprint density at radius 3 is 2.40 bits per heavy atom. The first kappa shape index (κ1) is 30.7. The zero-order valence-corrected chi connectivity index (χ0v) is 24.7. The number of pyridine rings is 3. The van der Waals surface area contributed by atoms with Crippen LogP contribution in [0.25, 0.3) is 10.9 Å². The van der Waals surface area contributed by atoms with Crippen LogP contribution in [0.1, 0.15) is 47.8 Å². The van der Waals surface area contributed by atoms with Crippen molar-refractivity contribution < 1.29 is 28.5 Å². The molecule has 3 aromatic heterocycles. The Morgan fingerprint density at radius 1 is 1.00 bits per heavy atom. The second kappa shape index (κ2) is 13.6. The molecule has 0 saturated heterocycles. The van der Waals surface area contributed by atoms with Crippen molar-refractivity contribution in [2.45, 2.75) is 45.3 Å². The highest BCUT2D eigenvalue weighted by Gasteiger charge is 2.21. The molecule has 1 atom stereocenters. The number of carbonyl (C=O) groups is 2. The number of alkyl carbamates (subject to hydrolysis) is 1. The SMILES string of the molecule is COc1cc2ncc(C#N)c(CC(=O)c3cncc(OC[C@H](Cc4ccncc4)NC(=O)OC(C)(C)C)c3)c2cc1OC. The van der Waals surface area contributed by atoms with Crippen molar-refractivity contribution in [3.8, 4) is 23.3 Å². The Morgan fingerprint density at radius 2 is 1.72 bits per heavy atom. The Hall–Kier alpha value is -5.24. The van der Waals surface area contributed by atoms with Crippen LogP contribution in [0, 0.1) is 11.3 Å². The number of nitrogens with zero attached hydrogens (tertiary/aromatic N) is 4. The van der Waals surface area contributed by atoms with Crippen LogP contribution in [-0.4, -0.2) is 59.3 Å². The molecule has 1 N–H and O–H groups in total. The number of benzene rings is 1. The number of rotatable bonds is 11. The summed E-state index contributed by atoms with van der Waals surface area (Å²) in [5, 5.41) is 13.2. The standard InChI is InChI=1S/C32H33N5O6/c1-32(2,3)43-31(39)37-23(10-20-6-8-34-9-7-20)19-42-24-11-21(16-35-18-24)28(38)12-25-22(15-33)17-36-27-14-30(41-5)29(40-4)13-26(25)27/h6-9,11,13-14,16-18,23H,10,12,19H2,1-5H3,(H,37,39)/t23-/m0/s1. The van der Waals surface area contributed by atoms with E-state index in [1.165, 1.54) is 32.8 Å². The van der Waals surface area contributed by atoms with Crippen molar-refractivity contribution in [1.82, 2.24) is 20.3 Å². The van der Waals surface area contributed by atoms with Gasteiger partial charge in [-0.1, -0.05) is 0 Å². The van der Waals surface area contributed by atoms with E-state index in [1.807, 2.05) is 12.1 Å². The number of methoxy groups -OCH3 is 2. The van der Waals surface area contributed by atoms with Gasteiger partial charge in [-0.25, -0.2) is 4.79 Å². The Kier molecular flexibility index (Phi) is 9.72. The summed E-state index contributed by atoms with van der Waals surface area (Å²) in [6, 6.07) is 10.4. The van der Waals surface area contributed by atoms with Crippen molar-refractivity contribution in [3.63, 3.8) is 0 Å². The third-order valence-corrected chi connectivity index (χ3v) is 6.38. The van der Waals surface area contributed by atoms with E-state index in [2.05, 4.69) is 26.3 Å². The van der Waals surface area contributed by atoms with Crippen molar-refractivity contribution in [2.75, 3.05) is 20.8 Å². The molecule has 0 spiro atoms. The number of nitrogens with one attached hydrogen (secondary N) is 1. The topological polar surface area (TPSA) is 146 Å². The average Bonchev–Trinajstić information content (AvgIpc) is 2.99. The molecule has 4 rings (SSSR count). The van der Waals surface area contributed by atoms with Crippen LogP contribution in [0.2, 0.25) is 0 Å². The molecule has 0 saturated carbocycles. The maximum Gasteiger partial charge on any atom is 0.408 e. The van der Waals surface area contributed by atoms with Gasteiger partial charge in [0.25, 0.3) is 0 Å². The van der Waals surface area contributed by atoms with Gasteiger partial charge in [-0.2, -0.15) is 5.26 Å². The first-order chi connectivity index (χ1) is 20.6. The van der Waals surface area contributed by atoms with Gasteiger partial charge in [0.2, 0.25) is 0 Å². The summed E-state index contributed by atoms with van der Waals surface area (Å²) in [6.45, 7) is 5.46. The predicted molar refractivity (Wildman–Crippen MR) is 158 cm³/mol. The van der Waals surface area contributed by atoms with Gasteiger partial charge in [0, 0.05) is 48.2 Å². The monoisotopic (exact) mass is 583 g/mol. The minimum Gasteiger partial charge on any atom is -0.493 e. The first-order valence-corrected chi connectivity index (χ1v) is 13.5. The molecule has 0 aliphatic heterocycles. The molecular formula is C32H33N5O6. The molecule has 0 aliphatic rings. The van der Waals surface area contributed by atoms with Crippen molar-refractivity contribution in [3.05, 3.63) is 83.6 Å². The fraction of sp³-hybridized carbons (Fsp3) is 0.312. The molecule has 0 bridgehead atoms. The molecular weight excluding hydrogens is 550 g/mol. The summed E-state index contributed by atoms with van der Waals surface area (Å²) in [5.74, 6) is 1.03. The molecule has 3 heterocycles. The minimum absolute atomic E-state index is 0.0760. The average molecular weight is 584 g/mol. The number of aromatic nitrogens is 3. The lowest BCUT2D eigenvalue weighted by molar-refractivity contribution is 0.0487. The molecule has 0 aliphatic carbocycles. The van der Waals surface area contributed by atoms with Crippen LogP contribution in [0.4, 0.5) is 4.79 Å². The number of hydrogen-bond donors (Lipinski definition) is 1. The molecule has 0 radical (unpaired) electrons. The smallest absolute Gasteiger partial charge is 0.408 e. The zero-order valence-electron chi connectivity index (χ0n) is 24.7. The molecule has 43 heavy (non-hydrogen) atoms. The number of hydrogen-bond acceptors (Lipinski definition) is 10. The lowest BCUT2D eigenvalue weighted by Crippen LogP contribution is -2.43. The summed E-state index contributed by atoms with van der Waals surface area (Å²) in [4.78, 5) is 38.6. The van der Waals surface area contributed by atoms with Crippen LogP contribution in [0.3, 0.4) is 0 Å². The quantitative estimate of drug-likeness (QED) is 0.243. The molecule has 222 valence electrons. The Labute approximate surface area is 249 Å². The summed E-state index contributed by atoms with van der Waals surface area (Å²) in [5.41, 5.74) is 1.95. The lowest BCUT2D eigenvalue weighted by atomic mass is 9.96. The van der Waals surface area contributed by atoms with Gasteiger partial charge in [0.05, 0.1) is 37.5 Å². The molecule has 1 aromatic carbocycles. The zero-order chi connectivity index (χ0) is 31.0. The summed E-state index contributed by atoms with van der Waals surface area (Å²) in [6.07, 6.45) is 7.56. The highest BCUT2D eigenvalue weighted by molar-refractivity contribution is 6.00. The van der Waals surface area contributed by atoms with Gasteiger partial charge in [0.1, 0.15) is 24.0 Å². The van der Waals surface area contributed by atoms with Gasteiger partial charge >= 0.3 is 6.09 Å². The number of ether oxygens (including phenoxy) is 4. The van der Waals surface area contributed by atoms with E-state index in [0.29, 0.717) is 45.7 Å². The van der Waals surface area contributed by atoms with E-state index >= 15 is 0 Å². The fourth-order valence-corrected chi connectivity index (χ4v) is 4.40. The molecule has 4 aromatic rings. The van der Waals surface area contributed by atoms with Crippen molar-refractivity contribution >= 4 is 22.8 Å². The molecule has 0 fully saturated rings. The van der Waals surface area contributed by atoms with Crippen LogP contribution >= 0.6 is 0 Å². The van der Waals surface area contributed by atoms with Crippen LogP contribution in [0.15, 0.2) is 61.3 Å². The highest BCUT2D eigenvalue weighted by Crippen LogP contribution is 2.34. The lowest BCUT2D eigenvalue weighted by Gasteiger charge is -2.24. The van der Waals surface area contributed by atoms with E-state index in [4.69, 9.17) is 18.9 Å². The first-order valence-electron chi connectivity index (χ1n) is 13.5. The number of carbonyl (C=O) groups excluding carboxylic acids is 2. The van der Waals surface area contributed by atoms with Gasteiger partial charge < -0.3 is 24.3 Å². The van der Waals surface area contributed by atoms with E-state index in [9.17, 15) is 14.9 Å². The van der Waals surface area contributed by atoms with E-state index in [-0.39, 0.29) is 24.4 Å². The second-order valence-electron chi connectivity index (χ2n) is 10.7. The predicted octanol–water partition coefficient (Wildman–Crippen LogP) is 4.85. The maximum absolute atomic E-state index is 13.5. The van der Waals surface area contributed by atoms with Gasteiger partial charge in [-0.15, -0.1) is 0 Å². The van der Waals surface area contributed by atoms with Gasteiger partial charge in [-0.3, -0.25) is 19.7 Å². The van der Waals surface area contributed by atoms with Crippen LogP contribution in [0.5, 0.6) is 17.2 Å². The number of ketones is 1. The molecule has 1 amide bonds. The van der Waals surface area contributed by atoms with Crippen LogP contribution in [-0.2, 0) is 17.6 Å². The van der Waals surface area contributed by atoms with Gasteiger partial charge in [-0.05, 0) is 62.6 Å². The Bertz CT molecular complexity index is 1650. The minimum atomic E-state index is -0.659. The third-order valence-electron chi connectivity index (χ3n) is 6.38. The largest absolute Gasteiger partial charge is 0.493 e. The number of Topliss-reactive ketones (excluding diaryl/α,β-unsaturated/α-hetero) is 1. The number of amides is 1. The second-order valence-corrected chi connectivity index (χ2v) is 10.7. The van der Waals surface area contributed by atoms with E-state index < -0.39 is 17.7 Å². The fourth-order valence-electron chi connectivity index (χ4n) is 4.40. The van der Waals surface area contributed by atoms with Crippen LogP contribution < -0.4 is 19.5 Å². The third kappa shape index (κ3) is 8.16. The molecule has 11 heteroatoms. The molecule has 0 unspecified atom stereocenters. The number of fused-ring (bicyclic) bond motifs is 1. The summed E-state index contributed by atoms with van der Waals surface area (Å²) in [7, 11) is 3.03. The highest BCUT2D eigenvalue weighted by atomic mass is 16.6. The van der Waals surface area contributed by atoms with Gasteiger partial charge in [0.15, 0.2) is 17.3 Å². The van der Waals surface area contributed by atoms with Crippen molar-refractivity contribution in [2.24, 2.45) is 0 Å². The van der Waals surface area contributed by atoms with E-state index in [1.54, 1.807) is 51.4 Å². The molecule has 11 nitrogen and oxygen atoms in total. The normalized spacial score (nSPS) is 11.7. The maximum atomic E-state index is 13.5. The summed E-state index contributed by atoms with van der Waals surface area (Å²) < 4.78 is 22.2. The number of nitriles is 1.